The summed E-state index contributed by atoms with van der Waals surface area (Å²) in [5.41, 5.74) is 14.1. The molecule has 4 rings (SSSR count). The van der Waals surface area contributed by atoms with Gasteiger partial charge in [0.25, 0.3) is 0 Å². The summed E-state index contributed by atoms with van der Waals surface area (Å²) in [5, 5.41) is 1.04. The number of amides is 1. The number of pyridine rings is 1. The van der Waals surface area contributed by atoms with Crippen LogP contribution in [0, 0.1) is 11.3 Å². The van der Waals surface area contributed by atoms with Crippen LogP contribution in [0.15, 0.2) is 48.6 Å². The maximum Gasteiger partial charge on any atom is 0.228 e. The van der Waals surface area contributed by atoms with Gasteiger partial charge in [0, 0.05) is 25.5 Å². The molecule has 168 valence electrons. The van der Waals surface area contributed by atoms with Crippen LogP contribution in [-0.4, -0.2) is 34.2 Å². The van der Waals surface area contributed by atoms with Crippen molar-refractivity contribution in [1.82, 2.24) is 14.5 Å². The Morgan fingerprint density at radius 1 is 1.22 bits per heavy atom. The van der Waals surface area contributed by atoms with Crippen LogP contribution >= 0.6 is 0 Å². The molecule has 0 fully saturated rings. The molecule has 32 heavy (non-hydrogen) atoms. The van der Waals surface area contributed by atoms with Gasteiger partial charge >= 0.3 is 0 Å². The van der Waals surface area contributed by atoms with Gasteiger partial charge in [-0.2, -0.15) is 0 Å². The minimum absolute atomic E-state index is 0.0890. The molecule has 7 nitrogen and oxygen atoms in total. The normalized spacial score (nSPS) is 20.4. The van der Waals surface area contributed by atoms with Crippen molar-refractivity contribution in [2.24, 2.45) is 17.1 Å². The van der Waals surface area contributed by atoms with E-state index in [-0.39, 0.29) is 11.8 Å². The number of primary amides is 1. The van der Waals surface area contributed by atoms with Crippen LogP contribution in [0.2, 0.25) is 0 Å². The number of nitrogen functional groups attached to an aromatic ring is 1. The summed E-state index contributed by atoms with van der Waals surface area (Å²) in [7, 11) is 1.69. The Balaban J connectivity index is 1.62. The van der Waals surface area contributed by atoms with Crippen molar-refractivity contribution in [1.29, 1.82) is 0 Å². The zero-order valence-corrected chi connectivity index (χ0v) is 18.8. The highest BCUT2D eigenvalue weighted by Gasteiger charge is 2.38. The number of ether oxygens (including phenoxy) is 1. The van der Waals surface area contributed by atoms with Crippen molar-refractivity contribution in [2.75, 3.05) is 19.5 Å². The monoisotopic (exact) mass is 433 g/mol. The zero-order chi connectivity index (χ0) is 22.7. The highest BCUT2D eigenvalue weighted by Crippen LogP contribution is 2.38. The second-order valence-corrected chi connectivity index (χ2v) is 8.53. The molecule has 1 aromatic carbocycles. The molecule has 7 heteroatoms. The number of para-hydroxylation sites is 1. The third-order valence-electron chi connectivity index (χ3n) is 6.62. The van der Waals surface area contributed by atoms with Crippen LogP contribution in [0.1, 0.15) is 32.0 Å². The van der Waals surface area contributed by atoms with E-state index in [2.05, 4.69) is 28.6 Å². The van der Waals surface area contributed by atoms with E-state index in [4.69, 9.17) is 21.2 Å². The molecular weight excluding hydrogens is 402 g/mol. The molecule has 0 saturated carbocycles. The number of carbonyl (C=O) groups excluding carboxylic acids is 1. The number of aromatic nitrogens is 3. The third-order valence-corrected chi connectivity index (χ3v) is 6.62. The quantitative estimate of drug-likeness (QED) is 0.499. The minimum atomic E-state index is -0.619. The van der Waals surface area contributed by atoms with Gasteiger partial charge in [0.15, 0.2) is 5.82 Å². The molecule has 0 saturated heterocycles. The van der Waals surface area contributed by atoms with Crippen LogP contribution in [0.25, 0.3) is 21.9 Å². The summed E-state index contributed by atoms with van der Waals surface area (Å²) in [5.74, 6) is 1.21. The standard InChI is InChI=1S/C25H31N5O2/c1-17-9-5-6-13-25(17,24(27)31)14-7-8-15-30-20(12-16-32-2)29-21-22(30)18-10-3-4-11-19(18)28-23(21)26/h3-6,9-11,13,17H,7-8,12,14-16H2,1-2H3,(H2,26,28)(H2,27,31). The maximum absolute atomic E-state index is 12.3. The Labute approximate surface area is 188 Å². The van der Waals surface area contributed by atoms with Crippen molar-refractivity contribution in [3.8, 4) is 0 Å². The van der Waals surface area contributed by atoms with E-state index < -0.39 is 5.41 Å². The minimum Gasteiger partial charge on any atom is -0.384 e. The first kappa shape index (κ1) is 22.0. The second kappa shape index (κ2) is 9.12. The first-order chi connectivity index (χ1) is 15.5. The van der Waals surface area contributed by atoms with Crippen molar-refractivity contribution < 1.29 is 9.53 Å². The van der Waals surface area contributed by atoms with Gasteiger partial charge in [-0.25, -0.2) is 9.97 Å². The van der Waals surface area contributed by atoms with E-state index in [1.807, 2.05) is 36.4 Å². The third kappa shape index (κ3) is 3.88. The Hall–Kier alpha value is -3.19. The predicted octanol–water partition coefficient (Wildman–Crippen LogP) is 3.76. The Morgan fingerprint density at radius 3 is 2.78 bits per heavy atom. The Bertz CT molecular complexity index is 1200. The zero-order valence-electron chi connectivity index (χ0n) is 18.8. The number of fused-ring (bicyclic) bond motifs is 3. The van der Waals surface area contributed by atoms with Crippen LogP contribution in [0.4, 0.5) is 5.82 Å². The van der Waals surface area contributed by atoms with Gasteiger partial charge in [0.05, 0.1) is 23.1 Å². The summed E-state index contributed by atoms with van der Waals surface area (Å²) in [4.78, 5) is 21.7. The maximum atomic E-state index is 12.3. The van der Waals surface area contributed by atoms with E-state index in [9.17, 15) is 4.79 Å². The van der Waals surface area contributed by atoms with Gasteiger partial charge in [-0.05, 0) is 24.8 Å². The number of anilines is 1. The summed E-state index contributed by atoms with van der Waals surface area (Å²) in [6.07, 6.45) is 11.1. The summed E-state index contributed by atoms with van der Waals surface area (Å²) >= 11 is 0. The van der Waals surface area contributed by atoms with Gasteiger partial charge < -0.3 is 20.8 Å². The average molecular weight is 434 g/mol. The van der Waals surface area contributed by atoms with E-state index in [0.29, 0.717) is 18.8 Å². The molecular formula is C25H31N5O2. The Kier molecular flexibility index (Phi) is 6.28. The molecule has 3 aromatic rings. The van der Waals surface area contributed by atoms with Gasteiger partial charge in [-0.3, -0.25) is 4.79 Å². The van der Waals surface area contributed by atoms with Crippen LogP contribution < -0.4 is 11.5 Å². The number of hydrogen-bond acceptors (Lipinski definition) is 5. The first-order valence-electron chi connectivity index (χ1n) is 11.2. The number of rotatable bonds is 9. The molecule has 0 radical (unpaired) electrons. The largest absolute Gasteiger partial charge is 0.384 e. The van der Waals surface area contributed by atoms with E-state index >= 15 is 0 Å². The molecule has 2 unspecified atom stereocenters. The molecule has 0 spiro atoms. The summed E-state index contributed by atoms with van der Waals surface area (Å²) in [6, 6.07) is 8.00. The molecule has 4 N–H and O–H groups in total. The molecule has 2 heterocycles. The first-order valence-corrected chi connectivity index (χ1v) is 11.2. The molecule has 1 aliphatic carbocycles. The van der Waals surface area contributed by atoms with Gasteiger partial charge in [-0.1, -0.05) is 55.8 Å². The molecule has 0 bridgehead atoms. The summed E-state index contributed by atoms with van der Waals surface area (Å²) < 4.78 is 7.55. The molecule has 2 aromatic heterocycles. The lowest BCUT2D eigenvalue weighted by atomic mass is 9.70. The number of nitrogens with zero attached hydrogens (tertiary/aromatic N) is 3. The van der Waals surface area contributed by atoms with Crippen molar-refractivity contribution in [3.05, 3.63) is 54.4 Å². The number of aryl methyl sites for hydroxylation is 1. The molecule has 1 aliphatic rings. The number of hydrogen-bond donors (Lipinski definition) is 2. The highest BCUT2D eigenvalue weighted by atomic mass is 16.5. The molecule has 1 amide bonds. The van der Waals surface area contributed by atoms with E-state index in [0.717, 1.165) is 53.6 Å². The SMILES string of the molecule is COCCc1nc2c(N)nc3ccccc3c2n1CCCCC1(C(N)=O)C=CC=CC1C. The van der Waals surface area contributed by atoms with Gasteiger partial charge in [0.2, 0.25) is 5.91 Å². The fourth-order valence-corrected chi connectivity index (χ4v) is 4.74. The van der Waals surface area contributed by atoms with E-state index in [1.165, 1.54) is 0 Å². The smallest absolute Gasteiger partial charge is 0.228 e. The van der Waals surface area contributed by atoms with Crippen LogP contribution in [0.5, 0.6) is 0 Å². The number of benzene rings is 1. The topological polar surface area (TPSA) is 109 Å². The summed E-state index contributed by atoms with van der Waals surface area (Å²) in [6.45, 7) is 3.40. The van der Waals surface area contributed by atoms with E-state index in [1.54, 1.807) is 7.11 Å². The average Bonchev–Trinajstić information content (AvgIpc) is 3.15. The number of imidazole rings is 1. The lowest BCUT2D eigenvalue weighted by Gasteiger charge is -2.33. The number of allylic oxidation sites excluding steroid dienone is 3. The van der Waals surface area contributed by atoms with Crippen molar-refractivity contribution >= 4 is 33.7 Å². The number of methoxy groups -OCH3 is 1. The lowest BCUT2D eigenvalue weighted by Crippen LogP contribution is -2.41. The Morgan fingerprint density at radius 2 is 2.03 bits per heavy atom. The van der Waals surface area contributed by atoms with Crippen LogP contribution in [0.3, 0.4) is 0 Å². The fraction of sp³-hybridized carbons (Fsp3) is 0.400. The number of nitrogens with two attached hydrogens (primary N) is 2. The van der Waals surface area contributed by atoms with Crippen molar-refractivity contribution in [2.45, 2.75) is 39.2 Å². The number of unbranched alkanes of at least 4 members (excludes halogenated alkanes) is 1. The second-order valence-electron chi connectivity index (χ2n) is 8.53. The van der Waals surface area contributed by atoms with Crippen LogP contribution in [-0.2, 0) is 22.5 Å². The molecule has 2 atom stereocenters. The number of carbonyl (C=O) groups is 1. The predicted molar refractivity (Wildman–Crippen MR) is 128 cm³/mol. The highest BCUT2D eigenvalue weighted by molar-refractivity contribution is 6.06. The lowest BCUT2D eigenvalue weighted by molar-refractivity contribution is -0.127. The van der Waals surface area contributed by atoms with Gasteiger partial charge in [-0.15, -0.1) is 0 Å². The van der Waals surface area contributed by atoms with Gasteiger partial charge in [0.1, 0.15) is 11.3 Å². The molecule has 0 aliphatic heterocycles. The fourth-order valence-electron chi connectivity index (χ4n) is 4.74. The van der Waals surface area contributed by atoms with Crippen molar-refractivity contribution in [3.63, 3.8) is 0 Å².